The van der Waals surface area contributed by atoms with E-state index in [1.165, 1.54) is 18.6 Å². The Hall–Kier alpha value is -4.20. The number of rotatable bonds is 5. The first-order valence-electron chi connectivity index (χ1n) is 10.9. The number of aromatic nitrogens is 3. The van der Waals surface area contributed by atoms with Gasteiger partial charge in [0.2, 0.25) is 5.95 Å². The number of carbonyl (C=O) groups is 2. The minimum Gasteiger partial charge on any atom is -0.478 e. The van der Waals surface area contributed by atoms with E-state index >= 15 is 0 Å². The van der Waals surface area contributed by atoms with Crippen LogP contribution in [-0.2, 0) is 0 Å². The van der Waals surface area contributed by atoms with Crippen LogP contribution >= 0.6 is 0 Å². The molecule has 0 radical (unpaired) electrons. The topological polar surface area (TPSA) is 99.8 Å². The van der Waals surface area contributed by atoms with Crippen LogP contribution in [0.2, 0.25) is 0 Å². The summed E-state index contributed by atoms with van der Waals surface area (Å²) < 4.78 is 1.69. The highest BCUT2D eigenvalue weighted by Gasteiger charge is 2.18. The molecule has 0 atom stereocenters. The number of nitrogens with one attached hydrogen (secondary N) is 1. The number of anilines is 2. The van der Waals surface area contributed by atoms with Crippen molar-refractivity contribution in [3.63, 3.8) is 0 Å². The monoisotopic (exact) mass is 441 g/mol. The second kappa shape index (κ2) is 8.74. The fourth-order valence-corrected chi connectivity index (χ4v) is 4.08. The van der Waals surface area contributed by atoms with E-state index in [0.717, 1.165) is 37.1 Å². The number of piperidine rings is 1. The van der Waals surface area contributed by atoms with Crippen molar-refractivity contribution in [2.24, 2.45) is 0 Å². The third kappa shape index (κ3) is 4.27. The molecule has 166 valence electrons. The molecule has 3 heterocycles. The zero-order valence-electron chi connectivity index (χ0n) is 17.9. The van der Waals surface area contributed by atoms with E-state index in [1.54, 1.807) is 16.6 Å². The third-order valence-electron chi connectivity index (χ3n) is 5.84. The fraction of sp³-hybridized carbons (Fsp3) is 0.200. The standard InChI is InChI=1S/C25H23N5O3/c31-23(29-14-2-1-3-15-29)18-8-6-17(7-9-18)21-5-4-16-30-22(21)27-25(28-30)26-20-12-10-19(11-13-20)24(32)33/h4-13,16H,1-3,14-15H2,(H,26,28)(H,32,33). The van der Waals surface area contributed by atoms with Gasteiger partial charge in [0.1, 0.15) is 0 Å². The number of amides is 1. The molecule has 1 aliphatic heterocycles. The number of benzene rings is 2. The molecule has 33 heavy (non-hydrogen) atoms. The first-order chi connectivity index (χ1) is 16.1. The normalized spacial score (nSPS) is 13.8. The van der Waals surface area contributed by atoms with Crippen LogP contribution in [0.5, 0.6) is 0 Å². The van der Waals surface area contributed by atoms with E-state index in [0.29, 0.717) is 22.8 Å². The highest BCUT2D eigenvalue weighted by Crippen LogP contribution is 2.26. The van der Waals surface area contributed by atoms with Gasteiger partial charge in [-0.1, -0.05) is 12.1 Å². The number of nitrogens with zero attached hydrogens (tertiary/aromatic N) is 4. The van der Waals surface area contributed by atoms with E-state index in [9.17, 15) is 9.59 Å². The molecule has 0 saturated carbocycles. The lowest BCUT2D eigenvalue weighted by atomic mass is 10.0. The van der Waals surface area contributed by atoms with Gasteiger partial charge in [-0.3, -0.25) is 4.79 Å². The molecule has 2 aromatic heterocycles. The van der Waals surface area contributed by atoms with E-state index < -0.39 is 5.97 Å². The molecule has 5 rings (SSSR count). The quantitative estimate of drug-likeness (QED) is 0.474. The van der Waals surface area contributed by atoms with Crippen LogP contribution in [0.25, 0.3) is 16.8 Å². The van der Waals surface area contributed by atoms with Gasteiger partial charge in [-0.25, -0.2) is 9.31 Å². The Kier molecular flexibility index (Phi) is 5.48. The predicted octanol–water partition coefficient (Wildman–Crippen LogP) is 4.46. The maximum absolute atomic E-state index is 12.8. The third-order valence-corrected chi connectivity index (χ3v) is 5.84. The number of carboxylic acid groups (broad SMARTS) is 1. The summed E-state index contributed by atoms with van der Waals surface area (Å²) in [5.74, 6) is -0.481. The van der Waals surface area contributed by atoms with Crippen molar-refractivity contribution in [2.75, 3.05) is 18.4 Å². The molecular weight excluding hydrogens is 418 g/mol. The molecule has 0 aliphatic carbocycles. The van der Waals surface area contributed by atoms with Crippen LogP contribution in [0.4, 0.5) is 11.6 Å². The summed E-state index contributed by atoms with van der Waals surface area (Å²) in [5, 5.41) is 16.6. The summed E-state index contributed by atoms with van der Waals surface area (Å²) in [7, 11) is 0. The lowest BCUT2D eigenvalue weighted by Crippen LogP contribution is -2.35. The summed E-state index contributed by atoms with van der Waals surface area (Å²) in [5.41, 5.74) is 4.13. The Balaban J connectivity index is 1.39. The molecule has 8 heteroatoms. The van der Waals surface area contributed by atoms with Crippen molar-refractivity contribution < 1.29 is 14.7 Å². The smallest absolute Gasteiger partial charge is 0.335 e. The number of carboxylic acids is 1. The number of pyridine rings is 1. The summed E-state index contributed by atoms with van der Waals surface area (Å²) in [4.78, 5) is 30.3. The van der Waals surface area contributed by atoms with Crippen molar-refractivity contribution in [1.82, 2.24) is 19.5 Å². The SMILES string of the molecule is O=C(O)c1ccc(Nc2nc3c(-c4ccc(C(=O)N5CCCCC5)cc4)cccn3n2)cc1. The summed E-state index contributed by atoms with van der Waals surface area (Å²) in [6.45, 7) is 1.66. The second-order valence-electron chi connectivity index (χ2n) is 8.06. The maximum Gasteiger partial charge on any atom is 0.335 e. The first kappa shape index (κ1) is 20.7. The van der Waals surface area contributed by atoms with Gasteiger partial charge in [-0.05, 0) is 73.4 Å². The number of hydrogen-bond acceptors (Lipinski definition) is 5. The van der Waals surface area contributed by atoms with Crippen molar-refractivity contribution in [2.45, 2.75) is 19.3 Å². The lowest BCUT2D eigenvalue weighted by Gasteiger charge is -2.26. The van der Waals surface area contributed by atoms with Crippen molar-refractivity contribution in [3.8, 4) is 11.1 Å². The van der Waals surface area contributed by atoms with Crippen LogP contribution in [-0.4, -0.2) is 49.6 Å². The largest absolute Gasteiger partial charge is 0.478 e. The highest BCUT2D eigenvalue weighted by molar-refractivity contribution is 5.95. The van der Waals surface area contributed by atoms with Gasteiger partial charge in [0.25, 0.3) is 5.91 Å². The van der Waals surface area contributed by atoms with E-state index in [1.807, 2.05) is 47.5 Å². The molecule has 1 fully saturated rings. The molecule has 4 aromatic rings. The Bertz CT molecular complexity index is 1310. The van der Waals surface area contributed by atoms with Gasteiger partial charge in [0.15, 0.2) is 5.65 Å². The number of hydrogen-bond donors (Lipinski definition) is 2. The number of fused-ring (bicyclic) bond motifs is 1. The minimum atomic E-state index is -0.972. The van der Waals surface area contributed by atoms with Gasteiger partial charge in [0, 0.05) is 36.1 Å². The van der Waals surface area contributed by atoms with Crippen molar-refractivity contribution in [1.29, 1.82) is 0 Å². The molecule has 1 amide bonds. The van der Waals surface area contributed by atoms with Crippen LogP contribution in [0.1, 0.15) is 40.0 Å². The Labute approximate surface area is 190 Å². The lowest BCUT2D eigenvalue weighted by molar-refractivity contribution is 0.0694. The fourth-order valence-electron chi connectivity index (χ4n) is 4.08. The van der Waals surface area contributed by atoms with Crippen molar-refractivity contribution >= 4 is 29.2 Å². The van der Waals surface area contributed by atoms with Gasteiger partial charge in [0.05, 0.1) is 5.56 Å². The molecule has 1 aliphatic rings. The highest BCUT2D eigenvalue weighted by atomic mass is 16.4. The molecule has 0 bridgehead atoms. The average molecular weight is 441 g/mol. The maximum atomic E-state index is 12.8. The first-order valence-corrected chi connectivity index (χ1v) is 10.9. The number of aromatic carboxylic acids is 1. The molecule has 0 unspecified atom stereocenters. The van der Waals surface area contributed by atoms with E-state index in [2.05, 4.69) is 15.4 Å². The summed E-state index contributed by atoms with van der Waals surface area (Å²) in [6.07, 6.45) is 5.14. The van der Waals surface area contributed by atoms with Gasteiger partial charge in [-0.2, -0.15) is 4.98 Å². The van der Waals surface area contributed by atoms with Gasteiger partial charge >= 0.3 is 5.97 Å². The van der Waals surface area contributed by atoms with E-state index in [4.69, 9.17) is 5.11 Å². The molecule has 2 aromatic carbocycles. The predicted molar refractivity (Wildman–Crippen MR) is 125 cm³/mol. The Morgan fingerprint density at radius 1 is 0.879 bits per heavy atom. The van der Waals surface area contributed by atoms with E-state index in [-0.39, 0.29) is 11.5 Å². The molecule has 1 saturated heterocycles. The van der Waals surface area contributed by atoms with Crippen LogP contribution in [0, 0.1) is 0 Å². The average Bonchev–Trinajstić information content (AvgIpc) is 3.27. The zero-order valence-corrected chi connectivity index (χ0v) is 17.9. The molecule has 2 N–H and O–H groups in total. The van der Waals surface area contributed by atoms with Crippen LogP contribution < -0.4 is 5.32 Å². The Morgan fingerprint density at radius 2 is 1.58 bits per heavy atom. The Morgan fingerprint density at radius 3 is 2.27 bits per heavy atom. The zero-order chi connectivity index (χ0) is 22.8. The van der Waals surface area contributed by atoms with Crippen molar-refractivity contribution in [3.05, 3.63) is 78.0 Å². The molecule has 0 spiro atoms. The van der Waals surface area contributed by atoms with Crippen LogP contribution in [0.3, 0.4) is 0 Å². The minimum absolute atomic E-state index is 0.0855. The molecule has 8 nitrogen and oxygen atoms in total. The van der Waals surface area contributed by atoms with Gasteiger partial charge < -0.3 is 15.3 Å². The number of likely N-dealkylation sites (tertiary alicyclic amines) is 1. The number of carbonyl (C=O) groups excluding carboxylic acids is 1. The summed E-state index contributed by atoms with van der Waals surface area (Å²) >= 11 is 0. The summed E-state index contributed by atoms with van der Waals surface area (Å²) in [6, 6.07) is 17.9. The second-order valence-corrected chi connectivity index (χ2v) is 8.06. The van der Waals surface area contributed by atoms with Gasteiger partial charge in [-0.15, -0.1) is 5.10 Å². The molecular formula is C25H23N5O3. The van der Waals surface area contributed by atoms with Crippen LogP contribution in [0.15, 0.2) is 66.9 Å².